The van der Waals surface area contributed by atoms with E-state index >= 15 is 0 Å². The molecule has 5 N–H and O–H groups in total. The number of nitrogens with two attached hydrogens (primary N) is 2. The van der Waals surface area contributed by atoms with Crippen molar-refractivity contribution in [1.29, 1.82) is 0 Å². The molecule has 1 fully saturated rings. The zero-order chi connectivity index (χ0) is 15.8. The van der Waals surface area contributed by atoms with Gasteiger partial charge in [-0.25, -0.2) is 13.6 Å². The van der Waals surface area contributed by atoms with E-state index in [9.17, 15) is 13.5 Å². The van der Waals surface area contributed by atoms with Crippen molar-refractivity contribution in [2.24, 2.45) is 5.14 Å². The largest absolute Gasteiger partial charge is 0.399 e. The van der Waals surface area contributed by atoms with Crippen LogP contribution in [0.5, 0.6) is 0 Å². The van der Waals surface area contributed by atoms with Gasteiger partial charge in [0.15, 0.2) is 0 Å². The first-order valence-electron chi connectivity index (χ1n) is 6.58. The average Bonchev–Trinajstić information content (AvgIpc) is 2.35. The van der Waals surface area contributed by atoms with E-state index in [0.29, 0.717) is 24.5 Å². The molecule has 0 amide bonds. The third-order valence-corrected chi connectivity index (χ3v) is 4.26. The third-order valence-electron chi connectivity index (χ3n) is 3.32. The lowest BCUT2D eigenvalue weighted by atomic mass is 10.0. The average molecular weight is 315 g/mol. The lowest BCUT2D eigenvalue weighted by molar-refractivity contribution is -0.101. The van der Waals surface area contributed by atoms with Gasteiger partial charge in [-0.1, -0.05) is 0 Å². The molecule has 0 spiro atoms. The second kappa shape index (κ2) is 5.45. The number of aliphatic hydroxyl groups is 1. The first-order valence-corrected chi connectivity index (χ1v) is 8.13. The number of nitrogen functional groups attached to an aromatic ring is 1. The van der Waals surface area contributed by atoms with E-state index in [4.69, 9.17) is 15.6 Å². The summed E-state index contributed by atoms with van der Waals surface area (Å²) in [7, 11) is -3.89. The van der Waals surface area contributed by atoms with Crippen LogP contribution >= 0.6 is 0 Å². The molecule has 1 aromatic carbocycles. The van der Waals surface area contributed by atoms with Gasteiger partial charge in [-0.3, -0.25) is 0 Å². The van der Waals surface area contributed by atoms with Gasteiger partial charge in [0.1, 0.15) is 4.90 Å². The Hall–Kier alpha value is -1.35. The Morgan fingerprint density at radius 3 is 2.71 bits per heavy atom. The van der Waals surface area contributed by atoms with Crippen LogP contribution in [0.1, 0.15) is 13.8 Å². The molecule has 118 valence electrons. The molecule has 0 aliphatic carbocycles. The number of rotatable bonds is 3. The van der Waals surface area contributed by atoms with Crippen molar-refractivity contribution in [1.82, 2.24) is 0 Å². The number of morpholine rings is 1. The molecular weight excluding hydrogens is 294 g/mol. The summed E-state index contributed by atoms with van der Waals surface area (Å²) in [6, 6.07) is 4.60. The van der Waals surface area contributed by atoms with Crippen LogP contribution in [0.3, 0.4) is 0 Å². The van der Waals surface area contributed by atoms with Crippen LogP contribution < -0.4 is 15.8 Å². The topological polar surface area (TPSA) is 119 Å². The van der Waals surface area contributed by atoms with Crippen LogP contribution in [-0.4, -0.2) is 44.9 Å². The summed E-state index contributed by atoms with van der Waals surface area (Å²) in [5.41, 5.74) is 5.95. The molecule has 2 rings (SSSR count). The Kier molecular flexibility index (Phi) is 4.16. The maximum atomic E-state index is 11.8. The van der Waals surface area contributed by atoms with E-state index in [0.717, 1.165) is 0 Å². The fraction of sp³-hybridized carbons (Fsp3) is 0.538. The maximum absolute atomic E-state index is 11.8. The predicted molar refractivity (Wildman–Crippen MR) is 80.5 cm³/mol. The number of anilines is 2. The molecule has 0 aromatic heterocycles. The fourth-order valence-electron chi connectivity index (χ4n) is 2.59. The highest BCUT2D eigenvalue weighted by molar-refractivity contribution is 7.89. The third kappa shape index (κ3) is 3.65. The molecule has 21 heavy (non-hydrogen) atoms. The van der Waals surface area contributed by atoms with Crippen molar-refractivity contribution in [3.63, 3.8) is 0 Å². The lowest BCUT2D eigenvalue weighted by Crippen LogP contribution is -2.54. The van der Waals surface area contributed by atoms with Crippen LogP contribution in [0, 0.1) is 0 Å². The highest BCUT2D eigenvalue weighted by Crippen LogP contribution is 2.31. The van der Waals surface area contributed by atoms with Crippen molar-refractivity contribution in [2.75, 3.05) is 30.3 Å². The van der Waals surface area contributed by atoms with E-state index in [1.54, 1.807) is 12.1 Å². The number of hydrogen-bond acceptors (Lipinski definition) is 6. The summed E-state index contributed by atoms with van der Waals surface area (Å²) in [5.74, 6) is 0. The van der Waals surface area contributed by atoms with E-state index in [2.05, 4.69) is 0 Å². The van der Waals surface area contributed by atoms with Gasteiger partial charge in [-0.2, -0.15) is 0 Å². The van der Waals surface area contributed by atoms with Gasteiger partial charge in [0.2, 0.25) is 10.0 Å². The second-order valence-electron chi connectivity index (χ2n) is 5.83. The molecule has 1 unspecified atom stereocenters. The normalized spacial score (nSPS) is 22.3. The molecule has 1 aromatic rings. The van der Waals surface area contributed by atoms with E-state index < -0.39 is 15.6 Å². The number of sulfonamides is 1. The zero-order valence-corrected chi connectivity index (χ0v) is 12.9. The molecule has 7 nitrogen and oxygen atoms in total. The number of nitrogens with zero attached hydrogens (tertiary/aromatic N) is 1. The molecule has 0 saturated carbocycles. The first kappa shape index (κ1) is 16.0. The summed E-state index contributed by atoms with van der Waals surface area (Å²) in [6.07, 6.45) is -0.389. The summed E-state index contributed by atoms with van der Waals surface area (Å²) in [6.45, 7) is 4.49. The monoisotopic (exact) mass is 315 g/mol. The van der Waals surface area contributed by atoms with Crippen molar-refractivity contribution >= 4 is 21.4 Å². The molecule has 0 radical (unpaired) electrons. The number of benzene rings is 1. The smallest absolute Gasteiger partial charge is 0.240 e. The molecule has 1 aliphatic rings. The van der Waals surface area contributed by atoms with Crippen molar-refractivity contribution < 1.29 is 18.3 Å². The summed E-state index contributed by atoms with van der Waals surface area (Å²) in [4.78, 5) is 1.83. The highest BCUT2D eigenvalue weighted by atomic mass is 32.2. The Bertz CT molecular complexity index is 630. The first-order chi connectivity index (χ1) is 9.62. The minimum absolute atomic E-state index is 0.0168. The number of hydrogen-bond donors (Lipinski definition) is 3. The Morgan fingerprint density at radius 2 is 2.14 bits per heavy atom. The molecule has 1 atom stereocenters. The Labute approximate surface area is 124 Å². The maximum Gasteiger partial charge on any atom is 0.240 e. The van der Waals surface area contributed by atoms with Crippen molar-refractivity contribution in [3.8, 4) is 0 Å². The highest BCUT2D eigenvalue weighted by Gasteiger charge is 2.34. The molecular formula is C13H21N3O4S. The van der Waals surface area contributed by atoms with Crippen LogP contribution in [0.2, 0.25) is 0 Å². The van der Waals surface area contributed by atoms with Gasteiger partial charge in [-0.15, -0.1) is 0 Å². The van der Waals surface area contributed by atoms with Gasteiger partial charge < -0.3 is 20.5 Å². The summed E-state index contributed by atoms with van der Waals surface area (Å²) in [5, 5.41) is 14.6. The predicted octanol–water partition coefficient (Wildman–Crippen LogP) is -0.108. The quantitative estimate of drug-likeness (QED) is 0.670. The van der Waals surface area contributed by atoms with Crippen LogP contribution in [0.4, 0.5) is 11.4 Å². The van der Waals surface area contributed by atoms with Crippen molar-refractivity contribution in [2.45, 2.75) is 30.4 Å². The van der Waals surface area contributed by atoms with E-state index in [1.165, 1.54) is 6.07 Å². The van der Waals surface area contributed by atoms with Crippen LogP contribution in [-0.2, 0) is 14.8 Å². The molecule has 1 heterocycles. The summed E-state index contributed by atoms with van der Waals surface area (Å²) < 4.78 is 29.3. The lowest BCUT2D eigenvalue weighted by Gasteiger charge is -2.43. The van der Waals surface area contributed by atoms with Crippen LogP contribution in [0.15, 0.2) is 23.1 Å². The fourth-order valence-corrected chi connectivity index (χ4v) is 3.38. The van der Waals surface area contributed by atoms with Crippen molar-refractivity contribution in [3.05, 3.63) is 18.2 Å². The standard InChI is InChI=1S/C13H21N3O4S/c1-13(2)8-16(6-10(7-17)20-13)11-4-3-9(14)5-12(11)21(15,18)19/h3-5,10,17H,6-8,14H2,1-2H3,(H2,15,18,19). The van der Waals surface area contributed by atoms with E-state index in [1.807, 2.05) is 18.7 Å². The zero-order valence-electron chi connectivity index (χ0n) is 12.1. The number of ether oxygens (including phenoxy) is 1. The van der Waals surface area contributed by atoms with Gasteiger partial charge in [0.05, 0.1) is 24.0 Å². The molecule has 1 saturated heterocycles. The van der Waals surface area contributed by atoms with Gasteiger partial charge >= 0.3 is 0 Å². The Balaban J connectivity index is 2.46. The minimum Gasteiger partial charge on any atom is -0.399 e. The van der Waals surface area contributed by atoms with E-state index in [-0.39, 0.29) is 17.6 Å². The second-order valence-corrected chi connectivity index (χ2v) is 7.36. The molecule has 1 aliphatic heterocycles. The molecule has 0 bridgehead atoms. The number of aliphatic hydroxyl groups excluding tert-OH is 1. The minimum atomic E-state index is -3.89. The molecule has 8 heteroatoms. The van der Waals surface area contributed by atoms with Gasteiger partial charge in [0.25, 0.3) is 0 Å². The number of primary sulfonamides is 1. The SMILES string of the molecule is CC1(C)CN(c2ccc(N)cc2S(N)(=O)=O)CC(CO)O1. The van der Waals surface area contributed by atoms with Crippen LogP contribution in [0.25, 0.3) is 0 Å². The van der Waals surface area contributed by atoms with Gasteiger partial charge in [-0.05, 0) is 32.0 Å². The van der Waals surface area contributed by atoms with Gasteiger partial charge in [0, 0.05) is 18.8 Å². The summed E-state index contributed by atoms with van der Waals surface area (Å²) >= 11 is 0. The Morgan fingerprint density at radius 1 is 1.48 bits per heavy atom.